The van der Waals surface area contributed by atoms with Gasteiger partial charge in [-0.25, -0.2) is 9.18 Å². The summed E-state index contributed by atoms with van der Waals surface area (Å²) < 4.78 is 20.4. The Balaban J connectivity index is 2.36. The molecular formula is C21H29ClFN5O4. The lowest BCUT2D eigenvalue weighted by Crippen LogP contribution is -2.46. The standard InChI is InChI=1S/C21H29ClFN5O4/c1-13(2)10-28-19(24)18(20(30)25-21(28)31)27(8-9-32-4)17(29)12-26(3)11-14-15(22)6-5-7-16(14)23/h5-7,13H,8-12,24H2,1-4H3,(H,25,30,31). The Morgan fingerprint density at radius 3 is 2.62 bits per heavy atom. The van der Waals surface area contributed by atoms with E-state index in [4.69, 9.17) is 22.1 Å². The molecule has 32 heavy (non-hydrogen) atoms. The number of carbonyl (C=O) groups is 1. The number of amides is 1. The van der Waals surface area contributed by atoms with Crippen molar-refractivity contribution in [3.63, 3.8) is 0 Å². The lowest BCUT2D eigenvalue weighted by atomic mass is 10.2. The van der Waals surface area contributed by atoms with Crippen LogP contribution in [0.25, 0.3) is 0 Å². The first kappa shape index (κ1) is 25.6. The summed E-state index contributed by atoms with van der Waals surface area (Å²) in [5, 5.41) is 0.252. The summed E-state index contributed by atoms with van der Waals surface area (Å²) >= 11 is 6.08. The van der Waals surface area contributed by atoms with E-state index in [1.54, 1.807) is 18.0 Å². The summed E-state index contributed by atoms with van der Waals surface area (Å²) in [5.74, 6) is -0.969. The smallest absolute Gasteiger partial charge is 0.330 e. The molecule has 1 aromatic heterocycles. The van der Waals surface area contributed by atoms with E-state index in [0.29, 0.717) is 0 Å². The molecule has 1 aromatic carbocycles. The first-order chi connectivity index (χ1) is 15.1. The number of likely N-dealkylation sites (N-methyl/N-ethyl adjacent to an activating group) is 1. The van der Waals surface area contributed by atoms with Crippen molar-refractivity contribution in [1.82, 2.24) is 14.5 Å². The maximum atomic E-state index is 14.1. The molecule has 0 fully saturated rings. The number of nitrogens with two attached hydrogens (primary N) is 1. The molecule has 0 aliphatic rings. The normalized spacial score (nSPS) is 11.4. The van der Waals surface area contributed by atoms with Gasteiger partial charge >= 0.3 is 5.69 Å². The third-order valence-corrected chi connectivity index (χ3v) is 5.10. The second-order valence-corrected chi connectivity index (χ2v) is 8.32. The topological polar surface area (TPSA) is 114 Å². The molecule has 176 valence electrons. The number of nitrogens with one attached hydrogen (secondary N) is 1. The molecule has 2 aromatic rings. The number of ether oxygens (including phenoxy) is 1. The predicted molar refractivity (Wildman–Crippen MR) is 123 cm³/mol. The van der Waals surface area contributed by atoms with Crippen LogP contribution < -0.4 is 21.9 Å². The van der Waals surface area contributed by atoms with Crippen LogP contribution in [0.3, 0.4) is 0 Å². The minimum Gasteiger partial charge on any atom is -0.383 e. The molecule has 1 amide bonds. The quantitative estimate of drug-likeness (QED) is 0.547. The SMILES string of the molecule is COCCN(C(=O)CN(C)Cc1c(F)cccc1Cl)c1c(N)n(CC(C)C)c(=O)[nH]c1=O. The number of carbonyl (C=O) groups excluding carboxylic acids is 1. The number of H-pyrrole nitrogens is 1. The Morgan fingerprint density at radius 1 is 1.34 bits per heavy atom. The number of halogens is 2. The third kappa shape index (κ3) is 6.18. The van der Waals surface area contributed by atoms with Crippen LogP contribution in [0, 0.1) is 11.7 Å². The van der Waals surface area contributed by atoms with Gasteiger partial charge in [-0.05, 0) is 25.1 Å². The number of nitrogen functional groups attached to an aromatic ring is 1. The Bertz CT molecular complexity index is 1050. The van der Waals surface area contributed by atoms with Gasteiger partial charge in [0.05, 0.1) is 13.2 Å². The van der Waals surface area contributed by atoms with E-state index in [9.17, 15) is 18.8 Å². The molecule has 9 nitrogen and oxygen atoms in total. The van der Waals surface area contributed by atoms with Crippen molar-refractivity contribution in [1.29, 1.82) is 0 Å². The van der Waals surface area contributed by atoms with Crippen LogP contribution in [0.4, 0.5) is 15.9 Å². The van der Waals surface area contributed by atoms with Crippen LogP contribution >= 0.6 is 11.6 Å². The van der Waals surface area contributed by atoms with Crippen molar-refractivity contribution in [2.45, 2.75) is 26.9 Å². The van der Waals surface area contributed by atoms with Gasteiger partial charge in [-0.2, -0.15) is 0 Å². The van der Waals surface area contributed by atoms with Crippen LogP contribution in [0.2, 0.25) is 5.02 Å². The highest BCUT2D eigenvalue weighted by Gasteiger charge is 2.25. The number of nitrogens with zero attached hydrogens (tertiary/aromatic N) is 3. The molecule has 0 spiro atoms. The van der Waals surface area contributed by atoms with E-state index in [1.165, 1.54) is 28.7 Å². The molecule has 11 heteroatoms. The summed E-state index contributed by atoms with van der Waals surface area (Å²) in [6.07, 6.45) is 0. The van der Waals surface area contributed by atoms with Crippen LogP contribution in [-0.4, -0.2) is 54.2 Å². The maximum absolute atomic E-state index is 14.1. The van der Waals surface area contributed by atoms with Crippen molar-refractivity contribution in [3.05, 3.63) is 55.4 Å². The first-order valence-electron chi connectivity index (χ1n) is 10.1. The number of methoxy groups -OCH3 is 1. The minimum atomic E-state index is -0.767. The fourth-order valence-corrected chi connectivity index (χ4v) is 3.48. The molecule has 1 heterocycles. The highest BCUT2D eigenvalue weighted by atomic mass is 35.5. The molecule has 0 aliphatic carbocycles. The van der Waals surface area contributed by atoms with Gasteiger partial charge < -0.3 is 15.4 Å². The van der Waals surface area contributed by atoms with E-state index >= 15 is 0 Å². The molecule has 0 atom stereocenters. The number of benzene rings is 1. The summed E-state index contributed by atoms with van der Waals surface area (Å²) in [4.78, 5) is 43.0. The Morgan fingerprint density at radius 2 is 2.03 bits per heavy atom. The predicted octanol–water partition coefficient (Wildman–Crippen LogP) is 1.68. The van der Waals surface area contributed by atoms with Gasteiger partial charge in [0.1, 0.15) is 11.6 Å². The zero-order chi connectivity index (χ0) is 24.0. The largest absolute Gasteiger partial charge is 0.383 e. The van der Waals surface area contributed by atoms with Gasteiger partial charge in [0.15, 0.2) is 5.69 Å². The van der Waals surface area contributed by atoms with E-state index < -0.39 is 23.0 Å². The average Bonchev–Trinajstić information content (AvgIpc) is 2.70. The van der Waals surface area contributed by atoms with Crippen molar-refractivity contribution < 1.29 is 13.9 Å². The lowest BCUT2D eigenvalue weighted by Gasteiger charge is -2.27. The first-order valence-corrected chi connectivity index (χ1v) is 10.5. The molecule has 0 saturated heterocycles. The zero-order valence-electron chi connectivity index (χ0n) is 18.7. The van der Waals surface area contributed by atoms with Crippen LogP contribution in [0.15, 0.2) is 27.8 Å². The molecular weight excluding hydrogens is 441 g/mol. The summed E-state index contributed by atoms with van der Waals surface area (Å²) in [6, 6.07) is 4.36. The fraction of sp³-hybridized carbons (Fsp3) is 0.476. The third-order valence-electron chi connectivity index (χ3n) is 4.75. The van der Waals surface area contributed by atoms with E-state index in [-0.39, 0.29) is 60.8 Å². The number of anilines is 2. The highest BCUT2D eigenvalue weighted by Crippen LogP contribution is 2.21. The van der Waals surface area contributed by atoms with Gasteiger partial charge in [0, 0.05) is 37.3 Å². The number of hydrogen-bond acceptors (Lipinski definition) is 6. The van der Waals surface area contributed by atoms with Gasteiger partial charge in [-0.15, -0.1) is 0 Å². The molecule has 0 radical (unpaired) electrons. The summed E-state index contributed by atoms with van der Waals surface area (Å²) in [6.45, 7) is 4.16. The summed E-state index contributed by atoms with van der Waals surface area (Å²) in [5.41, 5.74) is 4.89. The maximum Gasteiger partial charge on any atom is 0.330 e. The van der Waals surface area contributed by atoms with Crippen LogP contribution in [0.5, 0.6) is 0 Å². The number of hydrogen-bond donors (Lipinski definition) is 2. The number of aromatic nitrogens is 2. The van der Waals surface area contributed by atoms with E-state index in [0.717, 1.165) is 0 Å². The number of rotatable bonds is 10. The monoisotopic (exact) mass is 469 g/mol. The second kappa shape index (κ2) is 11.3. The lowest BCUT2D eigenvalue weighted by molar-refractivity contribution is -0.119. The Labute approximate surface area is 190 Å². The Hall–Kier alpha value is -2.69. The summed E-state index contributed by atoms with van der Waals surface area (Å²) in [7, 11) is 3.09. The van der Waals surface area contributed by atoms with Crippen molar-refractivity contribution in [2.24, 2.45) is 5.92 Å². The molecule has 3 N–H and O–H groups in total. The molecule has 2 rings (SSSR count). The van der Waals surface area contributed by atoms with Crippen molar-refractivity contribution in [3.8, 4) is 0 Å². The minimum absolute atomic E-state index is 0.0385. The molecule has 0 aliphatic heterocycles. The molecule has 0 saturated carbocycles. The van der Waals surface area contributed by atoms with Crippen LogP contribution in [-0.2, 0) is 22.6 Å². The van der Waals surface area contributed by atoms with Gasteiger partial charge in [-0.3, -0.25) is 24.0 Å². The van der Waals surface area contributed by atoms with E-state index in [1.807, 2.05) is 13.8 Å². The van der Waals surface area contributed by atoms with Gasteiger partial charge in [0.25, 0.3) is 5.56 Å². The van der Waals surface area contributed by atoms with Gasteiger partial charge in [-0.1, -0.05) is 31.5 Å². The molecule has 0 bridgehead atoms. The number of aromatic amines is 1. The highest BCUT2D eigenvalue weighted by molar-refractivity contribution is 6.31. The molecule has 0 unspecified atom stereocenters. The Kier molecular flexibility index (Phi) is 8.99. The average molecular weight is 470 g/mol. The van der Waals surface area contributed by atoms with E-state index in [2.05, 4.69) is 4.98 Å². The fourth-order valence-electron chi connectivity index (χ4n) is 3.25. The zero-order valence-corrected chi connectivity index (χ0v) is 19.4. The van der Waals surface area contributed by atoms with Gasteiger partial charge in [0.2, 0.25) is 5.91 Å². The van der Waals surface area contributed by atoms with Crippen molar-refractivity contribution in [2.75, 3.05) is 44.5 Å². The second-order valence-electron chi connectivity index (χ2n) is 7.91. The van der Waals surface area contributed by atoms with Crippen molar-refractivity contribution >= 4 is 29.0 Å². The van der Waals surface area contributed by atoms with Crippen LogP contribution in [0.1, 0.15) is 19.4 Å².